The number of anilines is 1. The van der Waals surface area contributed by atoms with Gasteiger partial charge in [-0.05, 0) is 19.1 Å². The molecule has 0 spiro atoms. The first-order valence-corrected chi connectivity index (χ1v) is 5.31. The van der Waals surface area contributed by atoms with E-state index < -0.39 is 6.04 Å². The van der Waals surface area contributed by atoms with Gasteiger partial charge in [-0.25, -0.2) is 14.6 Å². The molecular weight excluding hydrogens is 242 g/mol. The molecule has 0 bridgehead atoms. The lowest BCUT2D eigenvalue weighted by Gasteiger charge is -2.11. The minimum atomic E-state index is -0.460. The monoisotopic (exact) mass is 251 g/mol. The van der Waals surface area contributed by atoms with Gasteiger partial charge in [-0.1, -0.05) is 11.6 Å². The maximum atomic E-state index is 11.8. The van der Waals surface area contributed by atoms with Crippen molar-refractivity contribution in [1.29, 1.82) is 0 Å². The van der Waals surface area contributed by atoms with E-state index in [1.165, 1.54) is 23.5 Å². The molecule has 88 valence electrons. The van der Waals surface area contributed by atoms with Crippen LogP contribution in [-0.4, -0.2) is 25.7 Å². The van der Waals surface area contributed by atoms with Crippen LogP contribution >= 0.6 is 11.6 Å². The van der Waals surface area contributed by atoms with Crippen LogP contribution in [0, 0.1) is 0 Å². The lowest BCUT2D eigenvalue weighted by Crippen LogP contribution is -2.24. The summed E-state index contributed by atoms with van der Waals surface area (Å²) in [6, 6.07) is 2.75. The van der Waals surface area contributed by atoms with Crippen molar-refractivity contribution in [1.82, 2.24) is 19.7 Å². The first-order chi connectivity index (χ1) is 8.16. The fourth-order valence-electron chi connectivity index (χ4n) is 1.24. The summed E-state index contributed by atoms with van der Waals surface area (Å²) in [6.45, 7) is 1.72. The Morgan fingerprint density at radius 2 is 2.41 bits per heavy atom. The molecule has 0 aromatic carbocycles. The van der Waals surface area contributed by atoms with Crippen molar-refractivity contribution in [2.75, 3.05) is 5.32 Å². The van der Waals surface area contributed by atoms with Crippen LogP contribution in [0.15, 0.2) is 31.0 Å². The minimum Gasteiger partial charge on any atom is -0.309 e. The Balaban J connectivity index is 2.07. The summed E-state index contributed by atoms with van der Waals surface area (Å²) < 4.78 is 1.46. The van der Waals surface area contributed by atoms with Gasteiger partial charge in [0.25, 0.3) is 0 Å². The van der Waals surface area contributed by atoms with Gasteiger partial charge >= 0.3 is 0 Å². The minimum absolute atomic E-state index is 0.231. The molecule has 0 aliphatic heterocycles. The number of carbonyl (C=O) groups is 1. The molecule has 0 fully saturated rings. The number of carbonyl (C=O) groups excluding carboxylic acids is 1. The third kappa shape index (κ3) is 2.79. The number of pyridine rings is 1. The molecule has 2 aromatic heterocycles. The van der Waals surface area contributed by atoms with Gasteiger partial charge in [-0.3, -0.25) is 4.79 Å². The predicted molar refractivity (Wildman–Crippen MR) is 62.6 cm³/mol. The van der Waals surface area contributed by atoms with E-state index >= 15 is 0 Å². The van der Waals surface area contributed by atoms with Gasteiger partial charge in [0.05, 0.1) is 0 Å². The SMILES string of the molecule is CC(C(=O)Nc1cc(Cl)ccn1)n1cncn1. The van der Waals surface area contributed by atoms with Crippen LogP contribution in [0.1, 0.15) is 13.0 Å². The molecule has 0 saturated heterocycles. The highest BCUT2D eigenvalue weighted by Gasteiger charge is 2.15. The molecule has 0 aliphatic carbocycles. The lowest BCUT2D eigenvalue weighted by atomic mass is 10.3. The molecule has 1 N–H and O–H groups in total. The van der Waals surface area contributed by atoms with Gasteiger partial charge in [0.15, 0.2) is 0 Å². The summed E-state index contributed by atoms with van der Waals surface area (Å²) >= 11 is 5.79. The van der Waals surface area contributed by atoms with E-state index in [2.05, 4.69) is 20.4 Å². The maximum Gasteiger partial charge on any atom is 0.250 e. The second kappa shape index (κ2) is 4.92. The second-order valence-corrected chi connectivity index (χ2v) is 3.84. The van der Waals surface area contributed by atoms with Gasteiger partial charge in [-0.15, -0.1) is 0 Å². The van der Waals surface area contributed by atoms with E-state index in [-0.39, 0.29) is 5.91 Å². The van der Waals surface area contributed by atoms with E-state index in [1.54, 1.807) is 19.1 Å². The Hall–Kier alpha value is -1.95. The van der Waals surface area contributed by atoms with Crippen molar-refractivity contribution in [3.8, 4) is 0 Å². The zero-order chi connectivity index (χ0) is 12.3. The fourth-order valence-corrected chi connectivity index (χ4v) is 1.40. The number of rotatable bonds is 3. The van der Waals surface area contributed by atoms with Crippen molar-refractivity contribution in [2.24, 2.45) is 0 Å². The summed E-state index contributed by atoms with van der Waals surface area (Å²) in [5, 5.41) is 7.06. The van der Waals surface area contributed by atoms with Gasteiger partial charge in [0.1, 0.15) is 24.5 Å². The van der Waals surface area contributed by atoms with Crippen LogP contribution < -0.4 is 5.32 Å². The first-order valence-electron chi connectivity index (χ1n) is 4.93. The zero-order valence-corrected chi connectivity index (χ0v) is 9.80. The third-order valence-electron chi connectivity index (χ3n) is 2.19. The predicted octanol–water partition coefficient (Wildman–Crippen LogP) is 1.53. The number of nitrogens with one attached hydrogen (secondary N) is 1. The summed E-state index contributed by atoms with van der Waals surface area (Å²) in [7, 11) is 0. The molecule has 17 heavy (non-hydrogen) atoms. The van der Waals surface area contributed by atoms with Crippen molar-refractivity contribution < 1.29 is 4.79 Å². The number of halogens is 1. The Morgan fingerprint density at radius 1 is 1.59 bits per heavy atom. The molecule has 0 saturated carbocycles. The Morgan fingerprint density at radius 3 is 3.06 bits per heavy atom. The Bertz CT molecular complexity index is 513. The van der Waals surface area contributed by atoms with Crippen molar-refractivity contribution in [3.05, 3.63) is 36.0 Å². The van der Waals surface area contributed by atoms with Crippen molar-refractivity contribution >= 4 is 23.3 Å². The molecule has 1 unspecified atom stereocenters. The molecule has 0 aliphatic rings. The molecule has 2 rings (SSSR count). The maximum absolute atomic E-state index is 11.8. The normalized spacial score (nSPS) is 12.1. The average Bonchev–Trinajstić information content (AvgIpc) is 2.81. The topological polar surface area (TPSA) is 72.7 Å². The van der Waals surface area contributed by atoms with Crippen LogP contribution in [-0.2, 0) is 4.79 Å². The highest BCUT2D eigenvalue weighted by Crippen LogP contribution is 2.13. The van der Waals surface area contributed by atoms with E-state index in [4.69, 9.17) is 11.6 Å². The molecular formula is C10H10ClN5O. The highest BCUT2D eigenvalue weighted by atomic mass is 35.5. The molecule has 7 heteroatoms. The van der Waals surface area contributed by atoms with Crippen LogP contribution in [0.4, 0.5) is 5.82 Å². The highest BCUT2D eigenvalue weighted by molar-refractivity contribution is 6.30. The molecule has 1 atom stereocenters. The van der Waals surface area contributed by atoms with E-state index in [0.717, 1.165) is 0 Å². The summed E-state index contributed by atoms with van der Waals surface area (Å²) in [6.07, 6.45) is 4.38. The summed E-state index contributed by atoms with van der Waals surface area (Å²) in [5.41, 5.74) is 0. The molecule has 1 amide bonds. The Kier molecular flexibility index (Phi) is 3.34. The average molecular weight is 252 g/mol. The van der Waals surface area contributed by atoms with Crippen LogP contribution in [0.3, 0.4) is 0 Å². The molecule has 2 heterocycles. The van der Waals surface area contributed by atoms with Gasteiger partial charge in [-0.2, -0.15) is 5.10 Å². The second-order valence-electron chi connectivity index (χ2n) is 3.40. The van der Waals surface area contributed by atoms with Crippen LogP contribution in [0.5, 0.6) is 0 Å². The lowest BCUT2D eigenvalue weighted by molar-refractivity contribution is -0.119. The molecule has 0 radical (unpaired) electrons. The largest absolute Gasteiger partial charge is 0.309 e. The zero-order valence-electron chi connectivity index (χ0n) is 9.04. The smallest absolute Gasteiger partial charge is 0.250 e. The first kappa shape index (κ1) is 11.5. The quantitative estimate of drug-likeness (QED) is 0.898. The number of nitrogens with zero attached hydrogens (tertiary/aromatic N) is 4. The molecule has 2 aromatic rings. The van der Waals surface area contributed by atoms with E-state index in [9.17, 15) is 4.79 Å². The van der Waals surface area contributed by atoms with Gasteiger partial charge < -0.3 is 5.32 Å². The van der Waals surface area contributed by atoms with Crippen molar-refractivity contribution in [3.63, 3.8) is 0 Å². The third-order valence-corrected chi connectivity index (χ3v) is 2.42. The van der Waals surface area contributed by atoms with Gasteiger partial charge in [0, 0.05) is 11.2 Å². The standard InChI is InChI=1S/C10H10ClN5O/c1-7(16-6-12-5-14-16)10(17)15-9-4-8(11)2-3-13-9/h2-7H,1H3,(H,13,15,17). The summed E-state index contributed by atoms with van der Waals surface area (Å²) in [4.78, 5) is 19.6. The number of hydrogen-bond acceptors (Lipinski definition) is 4. The molecule has 6 nitrogen and oxygen atoms in total. The van der Waals surface area contributed by atoms with Gasteiger partial charge in [0.2, 0.25) is 5.91 Å². The number of aromatic nitrogens is 4. The van der Waals surface area contributed by atoms with E-state index in [1.807, 2.05) is 0 Å². The van der Waals surface area contributed by atoms with E-state index in [0.29, 0.717) is 10.8 Å². The van der Waals surface area contributed by atoms with Crippen LogP contribution in [0.2, 0.25) is 5.02 Å². The van der Waals surface area contributed by atoms with Crippen molar-refractivity contribution in [2.45, 2.75) is 13.0 Å². The van der Waals surface area contributed by atoms with Crippen LogP contribution in [0.25, 0.3) is 0 Å². The fraction of sp³-hybridized carbons (Fsp3) is 0.200. The summed E-state index contributed by atoms with van der Waals surface area (Å²) in [5.74, 6) is 0.180. The Labute approximate surface area is 103 Å². The number of hydrogen-bond donors (Lipinski definition) is 1. The number of amides is 1.